The average molecular weight is 458 g/mol. The van der Waals surface area contributed by atoms with Gasteiger partial charge in [0.05, 0.1) is 12.4 Å². The lowest BCUT2D eigenvalue weighted by Gasteiger charge is -2.04. The first kappa shape index (κ1) is 23.1. The van der Waals surface area contributed by atoms with E-state index in [4.69, 9.17) is 4.74 Å². The van der Waals surface area contributed by atoms with Gasteiger partial charge in [-0.15, -0.1) is 0 Å². The highest BCUT2D eigenvalue weighted by Gasteiger charge is 2.13. The number of aromatic nitrogens is 2. The number of halogens is 3. The van der Waals surface area contributed by atoms with Gasteiger partial charge in [-0.2, -0.15) is 0 Å². The quantitative estimate of drug-likeness (QED) is 0.196. The van der Waals surface area contributed by atoms with E-state index in [0.29, 0.717) is 24.3 Å². The fourth-order valence-electron chi connectivity index (χ4n) is 3.33. The highest BCUT2D eigenvalue weighted by molar-refractivity contribution is 5.84. The molecule has 3 nitrogen and oxygen atoms in total. The smallest absolute Gasteiger partial charge is 0.195 e. The maximum absolute atomic E-state index is 13.9. The average Bonchev–Trinajstić information content (AvgIpc) is 2.86. The second-order valence-corrected chi connectivity index (χ2v) is 7.58. The Hall–Kier alpha value is -4.11. The molecule has 0 saturated carbocycles. The Morgan fingerprint density at radius 1 is 0.853 bits per heavy atom. The highest BCUT2D eigenvalue weighted by Crippen LogP contribution is 2.24. The van der Waals surface area contributed by atoms with Crippen LogP contribution in [0, 0.1) is 29.3 Å². The molecule has 0 aliphatic rings. The zero-order valence-electron chi connectivity index (χ0n) is 18.5. The van der Waals surface area contributed by atoms with Crippen molar-refractivity contribution in [1.82, 2.24) is 9.97 Å². The van der Waals surface area contributed by atoms with Gasteiger partial charge < -0.3 is 4.74 Å². The number of allylic oxidation sites excluding steroid dienone is 1. The van der Waals surface area contributed by atoms with Crippen molar-refractivity contribution in [2.45, 2.75) is 19.8 Å². The topological polar surface area (TPSA) is 35.0 Å². The predicted octanol–water partition coefficient (Wildman–Crippen LogP) is 6.19. The van der Waals surface area contributed by atoms with E-state index in [2.05, 4.69) is 21.8 Å². The first-order valence-corrected chi connectivity index (χ1v) is 10.8. The monoisotopic (exact) mass is 458 g/mol. The number of benzene rings is 3. The van der Waals surface area contributed by atoms with Crippen LogP contribution in [0.25, 0.3) is 10.8 Å². The molecule has 0 saturated heterocycles. The number of ether oxygens (including phenoxy) is 1. The summed E-state index contributed by atoms with van der Waals surface area (Å²) >= 11 is 0. The van der Waals surface area contributed by atoms with Gasteiger partial charge in [-0.1, -0.05) is 42.2 Å². The summed E-state index contributed by atoms with van der Waals surface area (Å²) in [6.45, 7) is 2.43. The summed E-state index contributed by atoms with van der Waals surface area (Å²) in [7, 11) is 0. The number of aryl methyl sites for hydroxylation is 2. The third-order valence-electron chi connectivity index (χ3n) is 5.18. The van der Waals surface area contributed by atoms with Crippen LogP contribution in [0.2, 0.25) is 0 Å². The molecule has 3 aromatic carbocycles. The molecule has 0 atom stereocenters. The molecular weight excluding hydrogens is 437 g/mol. The molecule has 1 aromatic heterocycles. The lowest BCUT2D eigenvalue weighted by molar-refractivity contribution is 0.359. The Kier molecular flexibility index (Phi) is 7.24. The number of hydrogen-bond acceptors (Lipinski definition) is 3. The summed E-state index contributed by atoms with van der Waals surface area (Å²) in [5.74, 6) is 3.52. The molecule has 1 heterocycles. The predicted molar refractivity (Wildman–Crippen MR) is 126 cm³/mol. The fraction of sp³-hybridized carbons (Fsp3) is 0.143. The first-order chi connectivity index (χ1) is 16.5. The Balaban J connectivity index is 1.38. The van der Waals surface area contributed by atoms with E-state index in [1.165, 1.54) is 6.07 Å². The summed E-state index contributed by atoms with van der Waals surface area (Å²) in [5, 5.41) is 0.284. The van der Waals surface area contributed by atoms with Crippen molar-refractivity contribution >= 4 is 10.8 Å². The zero-order valence-corrected chi connectivity index (χ0v) is 18.5. The van der Waals surface area contributed by atoms with E-state index in [-0.39, 0.29) is 10.8 Å². The summed E-state index contributed by atoms with van der Waals surface area (Å²) in [4.78, 5) is 8.68. The molecule has 4 aromatic rings. The van der Waals surface area contributed by atoms with Gasteiger partial charge in [0.25, 0.3) is 0 Å². The Bertz CT molecular complexity index is 1390. The van der Waals surface area contributed by atoms with Gasteiger partial charge in [-0.05, 0) is 54.6 Å². The van der Waals surface area contributed by atoms with E-state index in [9.17, 15) is 13.2 Å². The zero-order chi connectivity index (χ0) is 23.9. The third-order valence-corrected chi connectivity index (χ3v) is 5.18. The van der Waals surface area contributed by atoms with Crippen LogP contribution in [0.3, 0.4) is 0 Å². The first-order valence-electron chi connectivity index (χ1n) is 10.8. The van der Waals surface area contributed by atoms with Crippen molar-refractivity contribution in [3.05, 3.63) is 113 Å². The van der Waals surface area contributed by atoms with Crippen molar-refractivity contribution in [3.63, 3.8) is 0 Å². The Morgan fingerprint density at radius 2 is 1.56 bits per heavy atom. The molecule has 0 aliphatic carbocycles. The van der Waals surface area contributed by atoms with Crippen LogP contribution in [-0.4, -0.2) is 16.6 Å². The molecule has 6 heteroatoms. The van der Waals surface area contributed by atoms with Crippen LogP contribution in [0.15, 0.2) is 73.1 Å². The van der Waals surface area contributed by atoms with E-state index in [1.54, 1.807) is 24.5 Å². The molecule has 0 bridgehead atoms. The fourth-order valence-corrected chi connectivity index (χ4v) is 3.33. The molecule has 4 rings (SSSR count). The van der Waals surface area contributed by atoms with Gasteiger partial charge in [0.1, 0.15) is 12.4 Å². The Labute approximate surface area is 196 Å². The second kappa shape index (κ2) is 10.7. The number of fused-ring (bicyclic) bond motifs is 1. The van der Waals surface area contributed by atoms with Gasteiger partial charge in [0, 0.05) is 22.9 Å². The highest BCUT2D eigenvalue weighted by atomic mass is 19.2. The molecular formula is C28H21F3N2O. The van der Waals surface area contributed by atoms with Crippen LogP contribution in [-0.2, 0) is 12.8 Å². The van der Waals surface area contributed by atoms with Gasteiger partial charge in [-0.3, -0.25) is 0 Å². The summed E-state index contributed by atoms with van der Waals surface area (Å²) < 4.78 is 46.3. The lowest BCUT2D eigenvalue weighted by atomic mass is 10.0. The largest absolute Gasteiger partial charge is 0.486 e. The molecule has 170 valence electrons. The number of hydrogen-bond donors (Lipinski definition) is 0. The minimum Gasteiger partial charge on any atom is -0.486 e. The molecule has 0 radical (unpaired) electrons. The van der Waals surface area contributed by atoms with Crippen molar-refractivity contribution in [3.8, 4) is 17.6 Å². The standard InChI is InChI=1S/C28H21F3N2O/c1-2-3-14-34-23-17-32-26(33-18-23)13-11-20-6-4-19(5-7-20)8-9-21-10-12-24-22(15-21)16-25(29)28(31)27(24)30/h2-7,10,12,15-18H,11,13-14H2,1H3/b3-2+. The molecule has 0 amide bonds. The van der Waals surface area contributed by atoms with E-state index in [0.717, 1.165) is 29.4 Å². The summed E-state index contributed by atoms with van der Waals surface area (Å²) in [6.07, 6.45) is 8.67. The minimum absolute atomic E-state index is 0.0218. The van der Waals surface area contributed by atoms with Crippen molar-refractivity contribution in [1.29, 1.82) is 0 Å². The van der Waals surface area contributed by atoms with Crippen LogP contribution in [0.1, 0.15) is 29.4 Å². The van der Waals surface area contributed by atoms with Crippen molar-refractivity contribution in [2.24, 2.45) is 0 Å². The van der Waals surface area contributed by atoms with Crippen molar-refractivity contribution < 1.29 is 17.9 Å². The lowest BCUT2D eigenvalue weighted by Crippen LogP contribution is -2.00. The minimum atomic E-state index is -1.47. The molecule has 0 N–H and O–H groups in total. The number of nitrogens with zero attached hydrogens (tertiary/aromatic N) is 2. The van der Waals surface area contributed by atoms with Gasteiger partial charge in [0.15, 0.2) is 23.2 Å². The molecule has 0 spiro atoms. The molecule has 0 aliphatic heterocycles. The second-order valence-electron chi connectivity index (χ2n) is 7.58. The van der Waals surface area contributed by atoms with Gasteiger partial charge >= 0.3 is 0 Å². The maximum atomic E-state index is 13.9. The van der Waals surface area contributed by atoms with E-state index < -0.39 is 17.5 Å². The van der Waals surface area contributed by atoms with E-state index in [1.807, 2.05) is 43.3 Å². The van der Waals surface area contributed by atoms with Crippen LogP contribution >= 0.6 is 0 Å². The van der Waals surface area contributed by atoms with Crippen molar-refractivity contribution in [2.75, 3.05) is 6.61 Å². The normalized spacial score (nSPS) is 10.9. The van der Waals surface area contributed by atoms with Crippen LogP contribution in [0.4, 0.5) is 13.2 Å². The van der Waals surface area contributed by atoms with E-state index >= 15 is 0 Å². The Morgan fingerprint density at radius 3 is 2.29 bits per heavy atom. The number of rotatable bonds is 6. The summed E-state index contributed by atoms with van der Waals surface area (Å²) in [6, 6.07) is 13.3. The molecule has 0 fully saturated rings. The molecule has 0 unspecified atom stereocenters. The van der Waals surface area contributed by atoms with Crippen LogP contribution < -0.4 is 4.74 Å². The third kappa shape index (κ3) is 5.62. The molecule has 34 heavy (non-hydrogen) atoms. The van der Waals surface area contributed by atoms with Crippen LogP contribution in [0.5, 0.6) is 5.75 Å². The maximum Gasteiger partial charge on any atom is 0.195 e. The SMILES string of the molecule is C/C=C/COc1cnc(CCc2ccc(C#Cc3ccc4c(F)c(F)c(F)cc4c3)cc2)nc1. The summed E-state index contributed by atoms with van der Waals surface area (Å²) in [5.41, 5.74) is 2.51. The van der Waals surface area contributed by atoms with Gasteiger partial charge in [0.2, 0.25) is 0 Å². The van der Waals surface area contributed by atoms with Gasteiger partial charge in [-0.25, -0.2) is 23.1 Å².